The molecule has 8 heteroatoms. The van der Waals surface area contributed by atoms with Gasteiger partial charge >= 0.3 is 5.97 Å². The van der Waals surface area contributed by atoms with Crippen molar-refractivity contribution in [1.29, 1.82) is 0 Å². The molecule has 1 aliphatic rings. The standard InChI is InChI=1S/C22H26N2O5S/c1-5-28-22(27)17-14(4)18(20(26)23-15-9-8-12(2)11-13(15)3)30-21(17)24-19(25)16-7-6-10-29-16/h8-9,11,16H,5-7,10H2,1-4H3,(H,23,26)(H,24,25). The third kappa shape index (κ3) is 4.71. The van der Waals surface area contributed by atoms with Crippen LogP contribution in [0.15, 0.2) is 18.2 Å². The Balaban J connectivity index is 1.90. The number of thiophene rings is 1. The van der Waals surface area contributed by atoms with E-state index in [1.165, 1.54) is 0 Å². The molecule has 2 amide bonds. The number of rotatable bonds is 6. The van der Waals surface area contributed by atoms with Gasteiger partial charge in [0.05, 0.1) is 17.0 Å². The van der Waals surface area contributed by atoms with Crippen LogP contribution in [0.3, 0.4) is 0 Å². The van der Waals surface area contributed by atoms with E-state index in [1.807, 2.05) is 32.0 Å². The van der Waals surface area contributed by atoms with Crippen molar-refractivity contribution >= 4 is 39.8 Å². The highest BCUT2D eigenvalue weighted by Gasteiger charge is 2.30. The van der Waals surface area contributed by atoms with Gasteiger partial charge in [-0.05, 0) is 57.7 Å². The topological polar surface area (TPSA) is 93.7 Å². The maximum absolute atomic E-state index is 13.0. The van der Waals surface area contributed by atoms with Crippen molar-refractivity contribution in [2.24, 2.45) is 0 Å². The van der Waals surface area contributed by atoms with Crippen LogP contribution in [0.1, 0.15) is 56.5 Å². The van der Waals surface area contributed by atoms with E-state index in [2.05, 4.69) is 10.6 Å². The lowest BCUT2D eigenvalue weighted by Gasteiger charge is -2.10. The van der Waals surface area contributed by atoms with Gasteiger partial charge in [-0.2, -0.15) is 0 Å². The Labute approximate surface area is 179 Å². The number of hydrogen-bond acceptors (Lipinski definition) is 6. The summed E-state index contributed by atoms with van der Waals surface area (Å²) in [5.41, 5.74) is 3.42. The van der Waals surface area contributed by atoms with Gasteiger partial charge in [-0.15, -0.1) is 11.3 Å². The first-order valence-corrected chi connectivity index (χ1v) is 10.7. The molecule has 1 aromatic heterocycles. The monoisotopic (exact) mass is 430 g/mol. The summed E-state index contributed by atoms with van der Waals surface area (Å²) < 4.78 is 10.6. The molecule has 30 heavy (non-hydrogen) atoms. The molecular formula is C22H26N2O5S. The number of anilines is 2. The second-order valence-electron chi connectivity index (χ2n) is 7.24. The van der Waals surface area contributed by atoms with Gasteiger partial charge in [0, 0.05) is 12.3 Å². The fourth-order valence-corrected chi connectivity index (χ4v) is 4.47. The fourth-order valence-electron chi connectivity index (χ4n) is 3.38. The molecule has 3 rings (SSSR count). The molecule has 2 heterocycles. The van der Waals surface area contributed by atoms with Crippen LogP contribution in [0.2, 0.25) is 0 Å². The van der Waals surface area contributed by atoms with E-state index in [4.69, 9.17) is 9.47 Å². The Kier molecular flexibility index (Phi) is 6.89. The highest BCUT2D eigenvalue weighted by atomic mass is 32.1. The number of hydrogen-bond donors (Lipinski definition) is 2. The summed E-state index contributed by atoms with van der Waals surface area (Å²) in [6.45, 7) is 8.02. The number of aryl methyl sites for hydroxylation is 2. The molecule has 0 aliphatic carbocycles. The smallest absolute Gasteiger partial charge is 0.341 e. The van der Waals surface area contributed by atoms with Crippen molar-refractivity contribution in [3.63, 3.8) is 0 Å². The summed E-state index contributed by atoms with van der Waals surface area (Å²) in [6.07, 6.45) is 0.899. The molecule has 1 fully saturated rings. The van der Waals surface area contributed by atoms with E-state index < -0.39 is 12.1 Å². The van der Waals surface area contributed by atoms with Crippen molar-refractivity contribution < 1.29 is 23.9 Å². The average molecular weight is 431 g/mol. The maximum atomic E-state index is 13.0. The van der Waals surface area contributed by atoms with Crippen LogP contribution in [-0.4, -0.2) is 37.1 Å². The largest absolute Gasteiger partial charge is 0.462 e. The van der Waals surface area contributed by atoms with E-state index in [9.17, 15) is 14.4 Å². The minimum atomic E-state index is -0.570. The molecule has 2 aromatic rings. The second-order valence-corrected chi connectivity index (χ2v) is 8.26. The number of esters is 1. The van der Waals surface area contributed by atoms with Gasteiger partial charge in [0.2, 0.25) is 0 Å². The lowest BCUT2D eigenvalue weighted by atomic mass is 10.1. The fraction of sp³-hybridized carbons (Fsp3) is 0.409. The van der Waals surface area contributed by atoms with Crippen LogP contribution in [0.5, 0.6) is 0 Å². The van der Waals surface area contributed by atoms with Gasteiger partial charge in [-0.1, -0.05) is 17.7 Å². The van der Waals surface area contributed by atoms with Gasteiger partial charge in [0.1, 0.15) is 11.1 Å². The van der Waals surface area contributed by atoms with Crippen LogP contribution in [0, 0.1) is 20.8 Å². The average Bonchev–Trinajstić information content (AvgIpc) is 3.32. The van der Waals surface area contributed by atoms with Crippen LogP contribution in [0.4, 0.5) is 10.7 Å². The van der Waals surface area contributed by atoms with Crippen molar-refractivity contribution in [2.75, 3.05) is 23.8 Å². The molecule has 160 valence electrons. The Morgan fingerprint density at radius 3 is 2.60 bits per heavy atom. The zero-order chi connectivity index (χ0) is 21.8. The minimum Gasteiger partial charge on any atom is -0.462 e. The zero-order valence-electron chi connectivity index (χ0n) is 17.6. The van der Waals surface area contributed by atoms with Crippen LogP contribution in [0.25, 0.3) is 0 Å². The predicted molar refractivity (Wildman–Crippen MR) is 116 cm³/mol. The summed E-state index contributed by atoms with van der Waals surface area (Å²) in [6, 6.07) is 5.74. The molecule has 0 bridgehead atoms. The number of benzene rings is 1. The second kappa shape index (κ2) is 9.40. The summed E-state index contributed by atoms with van der Waals surface area (Å²) in [4.78, 5) is 38.4. The zero-order valence-corrected chi connectivity index (χ0v) is 18.4. The van der Waals surface area contributed by atoms with E-state index in [-0.39, 0.29) is 24.0 Å². The van der Waals surface area contributed by atoms with Gasteiger partial charge in [0.15, 0.2) is 0 Å². The molecule has 7 nitrogen and oxygen atoms in total. The molecule has 1 saturated heterocycles. The Morgan fingerprint density at radius 1 is 1.20 bits per heavy atom. The Morgan fingerprint density at radius 2 is 1.97 bits per heavy atom. The number of nitrogens with one attached hydrogen (secondary N) is 2. The summed E-state index contributed by atoms with van der Waals surface area (Å²) >= 11 is 1.06. The number of carbonyl (C=O) groups is 3. The molecule has 1 atom stereocenters. The molecule has 2 N–H and O–H groups in total. The number of ether oxygens (including phenoxy) is 2. The SMILES string of the molecule is CCOC(=O)c1c(NC(=O)C2CCCO2)sc(C(=O)Nc2ccc(C)cc2C)c1C. The number of amides is 2. The minimum absolute atomic E-state index is 0.192. The van der Waals surface area contributed by atoms with Crippen LogP contribution < -0.4 is 10.6 Å². The number of carbonyl (C=O) groups excluding carboxylic acids is 3. The van der Waals surface area contributed by atoms with Gasteiger partial charge in [-0.3, -0.25) is 9.59 Å². The highest BCUT2D eigenvalue weighted by Crippen LogP contribution is 2.35. The first kappa shape index (κ1) is 22.0. The molecular weight excluding hydrogens is 404 g/mol. The lowest BCUT2D eigenvalue weighted by Crippen LogP contribution is -2.27. The maximum Gasteiger partial charge on any atom is 0.341 e. The van der Waals surface area contributed by atoms with Crippen molar-refractivity contribution in [3.05, 3.63) is 45.3 Å². The van der Waals surface area contributed by atoms with Gasteiger partial charge in [-0.25, -0.2) is 4.79 Å². The van der Waals surface area contributed by atoms with E-state index in [0.717, 1.165) is 28.9 Å². The van der Waals surface area contributed by atoms with Gasteiger partial charge in [0.25, 0.3) is 11.8 Å². The third-order valence-corrected chi connectivity index (χ3v) is 6.13. The summed E-state index contributed by atoms with van der Waals surface area (Å²) in [7, 11) is 0. The first-order valence-electron chi connectivity index (χ1n) is 9.93. The first-order chi connectivity index (χ1) is 14.3. The van der Waals surface area contributed by atoms with Crippen molar-refractivity contribution in [1.82, 2.24) is 0 Å². The molecule has 0 radical (unpaired) electrons. The summed E-state index contributed by atoms with van der Waals surface area (Å²) in [5.74, 6) is -1.23. The normalized spacial score (nSPS) is 15.7. The third-order valence-electron chi connectivity index (χ3n) is 4.92. The molecule has 1 unspecified atom stereocenters. The molecule has 0 saturated carbocycles. The van der Waals surface area contributed by atoms with E-state index in [0.29, 0.717) is 34.2 Å². The van der Waals surface area contributed by atoms with E-state index >= 15 is 0 Å². The predicted octanol–water partition coefficient (Wildman–Crippen LogP) is 4.22. The van der Waals surface area contributed by atoms with Crippen molar-refractivity contribution in [3.8, 4) is 0 Å². The Bertz CT molecular complexity index is 976. The molecule has 1 aliphatic heterocycles. The highest BCUT2D eigenvalue weighted by molar-refractivity contribution is 7.19. The molecule has 0 spiro atoms. The molecule has 1 aromatic carbocycles. The lowest BCUT2D eigenvalue weighted by molar-refractivity contribution is -0.124. The quantitative estimate of drug-likeness (QED) is 0.669. The summed E-state index contributed by atoms with van der Waals surface area (Å²) in [5, 5.41) is 5.96. The van der Waals surface area contributed by atoms with Crippen LogP contribution in [-0.2, 0) is 14.3 Å². The van der Waals surface area contributed by atoms with E-state index in [1.54, 1.807) is 13.8 Å². The van der Waals surface area contributed by atoms with Crippen LogP contribution >= 0.6 is 11.3 Å². The Hall–Kier alpha value is -2.71. The van der Waals surface area contributed by atoms with Crippen molar-refractivity contribution in [2.45, 2.75) is 46.6 Å². The van der Waals surface area contributed by atoms with Gasteiger partial charge < -0.3 is 20.1 Å².